The number of rotatable bonds is 6. The number of pyridine rings is 2. The number of halogens is 2. The first-order valence-electron chi connectivity index (χ1n) is 12.3. The molecule has 3 heterocycles. The van der Waals surface area contributed by atoms with E-state index in [9.17, 15) is 9.18 Å². The van der Waals surface area contributed by atoms with Crippen LogP contribution in [-0.2, 0) is 0 Å². The van der Waals surface area contributed by atoms with Gasteiger partial charge in [0.05, 0.1) is 28.7 Å². The zero-order chi connectivity index (χ0) is 26.3. The highest BCUT2D eigenvalue weighted by Gasteiger charge is 2.24. The number of nitrogens with zero attached hydrogens (tertiary/aromatic N) is 4. The van der Waals surface area contributed by atoms with E-state index in [-0.39, 0.29) is 11.6 Å². The third-order valence-corrected chi connectivity index (χ3v) is 7.49. The number of nitrogens with one attached hydrogen (secondary N) is 1. The number of hydrogen-bond donors (Lipinski definition) is 1. The van der Waals surface area contributed by atoms with E-state index in [0.717, 1.165) is 42.0 Å². The van der Waals surface area contributed by atoms with Crippen molar-refractivity contribution in [2.24, 2.45) is 0 Å². The number of benzene rings is 2. The van der Waals surface area contributed by atoms with Crippen molar-refractivity contribution in [2.75, 3.05) is 37.4 Å². The molecule has 0 radical (unpaired) electrons. The van der Waals surface area contributed by atoms with Crippen LogP contribution in [0.5, 0.6) is 0 Å². The monoisotopic (exact) mass is 517 g/mol. The number of hydrogen-bond acceptors (Lipinski definition) is 6. The molecule has 37 heavy (non-hydrogen) atoms. The highest BCUT2D eigenvalue weighted by Crippen LogP contribution is 2.35. The molecule has 1 saturated heterocycles. The van der Waals surface area contributed by atoms with E-state index >= 15 is 0 Å². The quantitative estimate of drug-likeness (QED) is 0.295. The van der Waals surface area contributed by atoms with E-state index < -0.39 is 0 Å². The van der Waals surface area contributed by atoms with Crippen molar-refractivity contribution in [3.63, 3.8) is 0 Å². The van der Waals surface area contributed by atoms with Crippen LogP contribution in [0.1, 0.15) is 29.3 Å². The zero-order valence-electron chi connectivity index (χ0n) is 21.3. The smallest absolute Gasteiger partial charge is 0.163 e. The van der Waals surface area contributed by atoms with Gasteiger partial charge in [0.25, 0.3) is 0 Å². The summed E-state index contributed by atoms with van der Waals surface area (Å²) in [6.07, 6.45) is 4.48. The molecule has 1 aliphatic heterocycles. The minimum absolute atomic E-state index is 0.108. The van der Waals surface area contributed by atoms with Gasteiger partial charge in [-0.15, -0.1) is 0 Å². The molecule has 2 aromatic carbocycles. The molecule has 1 atom stereocenters. The Labute approximate surface area is 221 Å². The van der Waals surface area contributed by atoms with Crippen LogP contribution in [-0.4, -0.2) is 53.9 Å². The van der Waals surface area contributed by atoms with E-state index in [4.69, 9.17) is 11.6 Å². The molecule has 2 aromatic heterocycles. The Bertz CT molecular complexity index is 1470. The Morgan fingerprint density at radius 1 is 1.11 bits per heavy atom. The van der Waals surface area contributed by atoms with Gasteiger partial charge in [0.15, 0.2) is 5.78 Å². The highest BCUT2D eigenvalue weighted by atomic mass is 35.5. The van der Waals surface area contributed by atoms with E-state index in [1.165, 1.54) is 13.0 Å². The van der Waals surface area contributed by atoms with Crippen LogP contribution in [0.3, 0.4) is 0 Å². The number of Topliss-reactive ketones (excluding diaryl/α,β-unsaturated/α-hetero) is 1. The van der Waals surface area contributed by atoms with Crippen LogP contribution in [0.25, 0.3) is 22.0 Å². The van der Waals surface area contributed by atoms with Crippen molar-refractivity contribution in [3.05, 3.63) is 76.8 Å². The number of anilines is 3. The standard InChI is InChI=1S/C29H29ClFN5O/c1-17-25(30)12-20(13-26(17)31)19-5-7-27-23(11-19)29(24(15-32-27)18(2)37)34-21-6-8-28(33-14-21)36-10-9-22(16-36)35(3)4/h5-8,11-15,22H,9-10,16H2,1-4H3,(H,32,34). The number of ketones is 1. The molecule has 4 aromatic rings. The second kappa shape index (κ2) is 10.1. The van der Waals surface area contributed by atoms with E-state index in [1.807, 2.05) is 30.3 Å². The van der Waals surface area contributed by atoms with Gasteiger partial charge in [-0.1, -0.05) is 17.7 Å². The summed E-state index contributed by atoms with van der Waals surface area (Å²) in [6, 6.07) is 13.4. The molecule has 1 aliphatic rings. The van der Waals surface area contributed by atoms with Crippen LogP contribution in [0.2, 0.25) is 5.02 Å². The molecule has 0 aliphatic carbocycles. The van der Waals surface area contributed by atoms with E-state index in [1.54, 1.807) is 25.4 Å². The van der Waals surface area contributed by atoms with Crippen molar-refractivity contribution in [1.82, 2.24) is 14.9 Å². The van der Waals surface area contributed by atoms with Gasteiger partial charge in [0, 0.05) is 41.3 Å². The summed E-state index contributed by atoms with van der Waals surface area (Å²) in [7, 11) is 4.21. The van der Waals surface area contributed by atoms with Crippen molar-refractivity contribution in [2.45, 2.75) is 26.3 Å². The Morgan fingerprint density at radius 3 is 2.57 bits per heavy atom. The van der Waals surface area contributed by atoms with Gasteiger partial charge in [0.1, 0.15) is 11.6 Å². The van der Waals surface area contributed by atoms with Gasteiger partial charge < -0.3 is 15.1 Å². The molecule has 0 bridgehead atoms. The number of likely N-dealkylation sites (N-methyl/N-ethyl adjacent to an activating group) is 1. The summed E-state index contributed by atoms with van der Waals surface area (Å²) >= 11 is 6.25. The molecule has 190 valence electrons. The average molecular weight is 518 g/mol. The van der Waals surface area contributed by atoms with Gasteiger partial charge in [-0.3, -0.25) is 9.78 Å². The predicted molar refractivity (Wildman–Crippen MR) is 149 cm³/mol. The molecule has 6 nitrogen and oxygen atoms in total. The zero-order valence-corrected chi connectivity index (χ0v) is 22.1. The lowest BCUT2D eigenvalue weighted by molar-refractivity contribution is 0.101. The maximum absolute atomic E-state index is 14.4. The van der Waals surface area contributed by atoms with Crippen LogP contribution < -0.4 is 10.2 Å². The molecule has 5 rings (SSSR count). The van der Waals surface area contributed by atoms with Crippen molar-refractivity contribution < 1.29 is 9.18 Å². The predicted octanol–water partition coefficient (Wildman–Crippen LogP) is 6.48. The Hall–Kier alpha value is -3.55. The molecule has 0 saturated carbocycles. The fourth-order valence-corrected chi connectivity index (χ4v) is 4.96. The van der Waals surface area contributed by atoms with E-state index in [0.29, 0.717) is 39.0 Å². The highest BCUT2D eigenvalue weighted by molar-refractivity contribution is 6.31. The lowest BCUT2D eigenvalue weighted by Crippen LogP contribution is -2.31. The average Bonchev–Trinajstić information content (AvgIpc) is 3.38. The van der Waals surface area contributed by atoms with Gasteiger partial charge in [-0.05, 0) is 81.9 Å². The summed E-state index contributed by atoms with van der Waals surface area (Å²) in [4.78, 5) is 26.2. The topological polar surface area (TPSA) is 61.4 Å². The number of fused-ring (bicyclic) bond motifs is 1. The van der Waals surface area contributed by atoms with Crippen molar-refractivity contribution >= 4 is 45.5 Å². The van der Waals surface area contributed by atoms with Crippen LogP contribution in [0, 0.1) is 12.7 Å². The second-order valence-corrected chi connectivity index (χ2v) is 10.2. The fraction of sp³-hybridized carbons (Fsp3) is 0.276. The summed E-state index contributed by atoms with van der Waals surface area (Å²) < 4.78 is 14.4. The van der Waals surface area contributed by atoms with E-state index in [2.05, 4.69) is 39.2 Å². The summed E-state index contributed by atoms with van der Waals surface area (Å²) in [5.74, 6) is 0.461. The molecule has 1 unspecified atom stereocenters. The number of carbonyl (C=O) groups excluding carboxylic acids is 1. The van der Waals surface area contributed by atoms with Crippen LogP contribution in [0.4, 0.5) is 21.6 Å². The number of aromatic nitrogens is 2. The largest absolute Gasteiger partial charge is 0.355 e. The Kier molecular flexibility index (Phi) is 6.84. The van der Waals surface area contributed by atoms with Gasteiger partial charge in [-0.2, -0.15) is 0 Å². The first kappa shape index (κ1) is 25.1. The van der Waals surface area contributed by atoms with Gasteiger partial charge in [0.2, 0.25) is 0 Å². The molecule has 0 spiro atoms. The van der Waals surface area contributed by atoms with Crippen molar-refractivity contribution in [3.8, 4) is 11.1 Å². The lowest BCUT2D eigenvalue weighted by Gasteiger charge is -2.21. The summed E-state index contributed by atoms with van der Waals surface area (Å²) in [5.41, 5.74) is 4.43. The normalized spacial score (nSPS) is 15.5. The minimum atomic E-state index is -0.363. The Morgan fingerprint density at radius 2 is 1.92 bits per heavy atom. The van der Waals surface area contributed by atoms with Crippen LogP contribution in [0.15, 0.2) is 54.9 Å². The molecular weight excluding hydrogens is 489 g/mol. The SMILES string of the molecule is CC(=O)c1cnc2ccc(-c3cc(F)c(C)c(Cl)c3)cc2c1Nc1ccc(N2CCC(N(C)C)C2)nc1. The molecule has 0 amide bonds. The minimum Gasteiger partial charge on any atom is -0.355 e. The number of carbonyl (C=O) groups is 1. The Balaban J connectivity index is 1.51. The first-order chi connectivity index (χ1) is 17.7. The molecule has 8 heteroatoms. The van der Waals surface area contributed by atoms with Crippen LogP contribution >= 0.6 is 11.6 Å². The van der Waals surface area contributed by atoms with Gasteiger partial charge >= 0.3 is 0 Å². The maximum Gasteiger partial charge on any atom is 0.163 e. The lowest BCUT2D eigenvalue weighted by atomic mass is 9.99. The molecular formula is C29H29ClFN5O. The summed E-state index contributed by atoms with van der Waals surface area (Å²) in [5, 5.41) is 4.52. The maximum atomic E-state index is 14.4. The fourth-order valence-electron chi connectivity index (χ4n) is 4.75. The first-order valence-corrected chi connectivity index (χ1v) is 12.6. The summed E-state index contributed by atoms with van der Waals surface area (Å²) in [6.45, 7) is 5.08. The third kappa shape index (κ3) is 5.02. The third-order valence-electron chi connectivity index (χ3n) is 7.10. The van der Waals surface area contributed by atoms with Gasteiger partial charge in [-0.25, -0.2) is 9.37 Å². The molecule has 1 fully saturated rings. The molecule has 1 N–H and O–H groups in total. The second-order valence-electron chi connectivity index (χ2n) is 9.78. The van der Waals surface area contributed by atoms with Crippen molar-refractivity contribution in [1.29, 1.82) is 0 Å².